The van der Waals surface area contributed by atoms with E-state index in [9.17, 15) is 0 Å². The average Bonchev–Trinajstić information content (AvgIpc) is 2.23. The highest BCUT2D eigenvalue weighted by Gasteiger charge is 1.97. The van der Waals surface area contributed by atoms with Gasteiger partial charge >= 0.3 is 0 Å². The fourth-order valence-electron chi connectivity index (χ4n) is 1.44. The van der Waals surface area contributed by atoms with Gasteiger partial charge in [0.25, 0.3) is 0 Å². The summed E-state index contributed by atoms with van der Waals surface area (Å²) in [6.07, 6.45) is 3.34. The van der Waals surface area contributed by atoms with Crippen LogP contribution in [0.15, 0.2) is 28.2 Å². The minimum atomic E-state index is 0.960. The van der Waals surface area contributed by atoms with Crippen molar-refractivity contribution < 1.29 is 0 Å². The fraction of sp³-hybridized carbons (Fsp3) is 0.385. The molecule has 1 aromatic carbocycles. The van der Waals surface area contributed by atoms with Crippen molar-refractivity contribution in [2.24, 2.45) is 0 Å². The monoisotopic (exact) mass is 267 g/mol. The molecule has 1 rings (SSSR count). The van der Waals surface area contributed by atoms with Crippen LogP contribution in [-0.4, -0.2) is 13.6 Å². The smallest absolute Gasteiger partial charge is 0.0210 e. The van der Waals surface area contributed by atoms with Gasteiger partial charge in [-0.3, -0.25) is 0 Å². The highest BCUT2D eigenvalue weighted by molar-refractivity contribution is 9.10. The van der Waals surface area contributed by atoms with Crippen LogP contribution in [-0.2, 0) is 0 Å². The number of hydrogen-bond acceptors (Lipinski definition) is 1. The Bertz CT molecular complexity index is 356. The molecule has 0 unspecified atom stereocenters. The summed E-state index contributed by atoms with van der Waals surface area (Å²) in [4.78, 5) is 0. The molecule has 0 aliphatic rings. The molecule has 0 atom stereocenters. The number of hydrogen-bond donors (Lipinski definition) is 1. The molecule has 0 aliphatic heterocycles. The molecule has 0 aromatic heterocycles. The third-order valence-electron chi connectivity index (χ3n) is 2.42. The van der Waals surface area contributed by atoms with Gasteiger partial charge < -0.3 is 5.32 Å². The van der Waals surface area contributed by atoms with Gasteiger partial charge in [0.05, 0.1) is 0 Å². The van der Waals surface area contributed by atoms with Crippen LogP contribution in [0, 0.1) is 6.92 Å². The maximum atomic E-state index is 3.55. The van der Waals surface area contributed by atoms with Crippen LogP contribution in [0.2, 0.25) is 0 Å². The lowest BCUT2D eigenvalue weighted by atomic mass is 10.1. The molecule has 0 amide bonds. The standard InChI is InChI=1S/C13H18BrN/c1-4-11(9-15-3)7-12-6-5-10(2)13(14)8-12/h5-8,15H,4,9H2,1-3H3/b11-7-. The second kappa shape index (κ2) is 6.09. The van der Waals surface area contributed by atoms with Gasteiger partial charge in [0, 0.05) is 11.0 Å². The van der Waals surface area contributed by atoms with Gasteiger partial charge in [0.15, 0.2) is 0 Å². The second-order valence-electron chi connectivity index (χ2n) is 3.70. The Balaban J connectivity index is 2.91. The zero-order valence-corrected chi connectivity index (χ0v) is 11.2. The highest BCUT2D eigenvalue weighted by Crippen LogP contribution is 2.19. The highest BCUT2D eigenvalue weighted by atomic mass is 79.9. The molecule has 0 heterocycles. The first-order chi connectivity index (χ1) is 7.17. The molecule has 1 aromatic rings. The third-order valence-corrected chi connectivity index (χ3v) is 3.28. The minimum absolute atomic E-state index is 0.960. The quantitative estimate of drug-likeness (QED) is 0.876. The average molecular weight is 268 g/mol. The van der Waals surface area contributed by atoms with Crippen LogP contribution in [0.5, 0.6) is 0 Å². The SMILES string of the molecule is CC/C(=C/c1ccc(C)c(Br)c1)CNC. The van der Waals surface area contributed by atoms with Gasteiger partial charge in [-0.25, -0.2) is 0 Å². The molecule has 0 spiro atoms. The van der Waals surface area contributed by atoms with E-state index in [1.165, 1.54) is 21.2 Å². The lowest BCUT2D eigenvalue weighted by Crippen LogP contribution is -2.09. The molecule has 82 valence electrons. The fourth-order valence-corrected chi connectivity index (χ4v) is 1.84. The first kappa shape index (κ1) is 12.5. The van der Waals surface area contributed by atoms with Crippen LogP contribution >= 0.6 is 15.9 Å². The largest absolute Gasteiger partial charge is 0.316 e. The van der Waals surface area contributed by atoms with E-state index < -0.39 is 0 Å². The number of nitrogens with one attached hydrogen (secondary N) is 1. The minimum Gasteiger partial charge on any atom is -0.316 e. The van der Waals surface area contributed by atoms with Gasteiger partial charge in [-0.15, -0.1) is 0 Å². The van der Waals surface area contributed by atoms with Crippen molar-refractivity contribution in [1.29, 1.82) is 0 Å². The first-order valence-corrected chi connectivity index (χ1v) is 6.07. The van der Waals surface area contributed by atoms with Crippen LogP contribution in [0.25, 0.3) is 6.08 Å². The van der Waals surface area contributed by atoms with Gasteiger partial charge in [-0.1, -0.05) is 46.6 Å². The maximum absolute atomic E-state index is 3.55. The van der Waals surface area contributed by atoms with Gasteiger partial charge in [-0.2, -0.15) is 0 Å². The third kappa shape index (κ3) is 3.80. The zero-order valence-electron chi connectivity index (χ0n) is 9.60. The summed E-state index contributed by atoms with van der Waals surface area (Å²) in [6, 6.07) is 6.47. The van der Waals surface area contributed by atoms with E-state index in [0.29, 0.717) is 0 Å². The summed E-state index contributed by atoms with van der Waals surface area (Å²) in [5.41, 5.74) is 3.96. The zero-order chi connectivity index (χ0) is 11.3. The molecule has 1 nitrogen and oxygen atoms in total. The summed E-state index contributed by atoms with van der Waals surface area (Å²) >= 11 is 3.55. The summed E-state index contributed by atoms with van der Waals surface area (Å²) < 4.78 is 1.18. The Kier molecular flexibility index (Phi) is 5.06. The van der Waals surface area contributed by atoms with E-state index in [1.54, 1.807) is 0 Å². The number of rotatable bonds is 4. The molecular formula is C13H18BrN. The van der Waals surface area contributed by atoms with E-state index >= 15 is 0 Å². The second-order valence-corrected chi connectivity index (χ2v) is 4.55. The van der Waals surface area contributed by atoms with Crippen molar-refractivity contribution >= 4 is 22.0 Å². The summed E-state index contributed by atoms with van der Waals surface area (Å²) in [6.45, 7) is 5.25. The Morgan fingerprint density at radius 1 is 1.47 bits per heavy atom. The molecule has 15 heavy (non-hydrogen) atoms. The predicted octanol–water partition coefficient (Wildman–Crippen LogP) is 3.77. The molecule has 0 aliphatic carbocycles. The Labute approximate surface area is 101 Å². The molecule has 0 saturated carbocycles. The number of halogens is 1. The maximum Gasteiger partial charge on any atom is 0.0210 e. The topological polar surface area (TPSA) is 12.0 Å². The van der Waals surface area contributed by atoms with E-state index in [0.717, 1.165) is 13.0 Å². The van der Waals surface area contributed by atoms with Crippen LogP contribution in [0.4, 0.5) is 0 Å². The first-order valence-electron chi connectivity index (χ1n) is 5.27. The Morgan fingerprint density at radius 3 is 2.73 bits per heavy atom. The van der Waals surface area contributed by atoms with Crippen molar-refractivity contribution in [2.45, 2.75) is 20.3 Å². The van der Waals surface area contributed by atoms with Gasteiger partial charge in [0.1, 0.15) is 0 Å². The summed E-state index contributed by atoms with van der Waals surface area (Å²) in [5.74, 6) is 0. The molecule has 0 radical (unpaired) electrons. The summed E-state index contributed by atoms with van der Waals surface area (Å²) in [7, 11) is 1.98. The van der Waals surface area contributed by atoms with Crippen LogP contribution in [0.1, 0.15) is 24.5 Å². The number of aryl methyl sites for hydroxylation is 1. The van der Waals surface area contributed by atoms with E-state index in [1.807, 2.05) is 7.05 Å². The van der Waals surface area contributed by atoms with Crippen molar-refractivity contribution in [3.05, 3.63) is 39.4 Å². The lowest BCUT2D eigenvalue weighted by Gasteiger charge is -2.05. The van der Waals surface area contributed by atoms with Crippen LogP contribution in [0.3, 0.4) is 0 Å². The molecule has 1 N–H and O–H groups in total. The van der Waals surface area contributed by atoms with Gasteiger partial charge in [0.2, 0.25) is 0 Å². The van der Waals surface area contributed by atoms with E-state index in [4.69, 9.17) is 0 Å². The van der Waals surface area contributed by atoms with Crippen molar-refractivity contribution in [3.8, 4) is 0 Å². The van der Waals surface area contributed by atoms with Crippen molar-refractivity contribution in [2.75, 3.05) is 13.6 Å². The normalized spacial score (nSPS) is 11.9. The number of benzene rings is 1. The molecule has 2 heteroatoms. The predicted molar refractivity (Wildman–Crippen MR) is 71.1 cm³/mol. The molecular weight excluding hydrogens is 250 g/mol. The Hall–Kier alpha value is -0.600. The lowest BCUT2D eigenvalue weighted by molar-refractivity contribution is 0.851. The summed E-state index contributed by atoms with van der Waals surface area (Å²) in [5, 5.41) is 3.18. The van der Waals surface area contributed by atoms with Gasteiger partial charge in [-0.05, 0) is 37.6 Å². The number of likely N-dealkylation sites (N-methyl/N-ethyl adjacent to an activating group) is 1. The van der Waals surface area contributed by atoms with Crippen LogP contribution < -0.4 is 5.32 Å². The van der Waals surface area contributed by atoms with E-state index in [2.05, 4.69) is 59.4 Å². The Morgan fingerprint density at radius 2 is 2.20 bits per heavy atom. The molecule has 0 fully saturated rings. The molecule has 0 bridgehead atoms. The van der Waals surface area contributed by atoms with Crippen molar-refractivity contribution in [1.82, 2.24) is 5.32 Å². The molecule has 0 saturated heterocycles. The van der Waals surface area contributed by atoms with Crippen molar-refractivity contribution in [3.63, 3.8) is 0 Å². The van der Waals surface area contributed by atoms with E-state index in [-0.39, 0.29) is 0 Å².